The maximum atomic E-state index is 8.79. The van der Waals surface area contributed by atoms with E-state index in [-0.39, 0.29) is 13.2 Å². The Morgan fingerprint density at radius 1 is 1.13 bits per heavy atom. The van der Waals surface area contributed by atoms with E-state index in [1.54, 1.807) is 6.92 Å². The van der Waals surface area contributed by atoms with Gasteiger partial charge in [-0.3, -0.25) is 0 Å². The summed E-state index contributed by atoms with van der Waals surface area (Å²) in [5.41, 5.74) is 1.08. The van der Waals surface area contributed by atoms with Gasteiger partial charge in [0, 0.05) is 0 Å². The SMILES string of the molecule is CC(O)OCc1ccccc1.OCCO. The van der Waals surface area contributed by atoms with E-state index in [1.165, 1.54) is 0 Å². The molecule has 0 heterocycles. The highest BCUT2D eigenvalue weighted by atomic mass is 16.6. The van der Waals surface area contributed by atoms with E-state index in [0.717, 1.165) is 5.56 Å². The topological polar surface area (TPSA) is 69.9 Å². The van der Waals surface area contributed by atoms with Gasteiger partial charge in [-0.1, -0.05) is 30.3 Å². The van der Waals surface area contributed by atoms with Crippen molar-refractivity contribution in [2.75, 3.05) is 13.2 Å². The molecule has 1 aromatic carbocycles. The first-order chi connectivity index (χ1) is 7.20. The lowest BCUT2D eigenvalue weighted by Crippen LogP contribution is -2.05. The fourth-order valence-corrected chi connectivity index (χ4v) is 0.791. The van der Waals surface area contributed by atoms with Gasteiger partial charge in [-0.25, -0.2) is 0 Å². The van der Waals surface area contributed by atoms with Crippen LogP contribution in [0.15, 0.2) is 30.3 Å². The Balaban J connectivity index is 0.000000423. The van der Waals surface area contributed by atoms with Crippen molar-refractivity contribution in [1.82, 2.24) is 0 Å². The van der Waals surface area contributed by atoms with Crippen molar-refractivity contribution >= 4 is 0 Å². The summed E-state index contributed by atoms with van der Waals surface area (Å²) in [6, 6.07) is 9.76. The first kappa shape index (κ1) is 14.1. The summed E-state index contributed by atoms with van der Waals surface area (Å²) in [4.78, 5) is 0. The Bertz CT molecular complexity index is 221. The smallest absolute Gasteiger partial charge is 0.152 e. The average Bonchev–Trinajstić information content (AvgIpc) is 2.28. The van der Waals surface area contributed by atoms with Crippen LogP contribution in [-0.4, -0.2) is 34.8 Å². The van der Waals surface area contributed by atoms with Crippen LogP contribution in [0, 0.1) is 0 Å². The van der Waals surface area contributed by atoms with Crippen LogP contribution >= 0.6 is 0 Å². The molecule has 0 saturated carbocycles. The second-order valence-corrected chi connectivity index (χ2v) is 2.84. The summed E-state index contributed by atoms with van der Waals surface area (Å²) in [6.07, 6.45) is -0.685. The van der Waals surface area contributed by atoms with Gasteiger partial charge in [-0.05, 0) is 12.5 Å². The van der Waals surface area contributed by atoms with Crippen molar-refractivity contribution in [1.29, 1.82) is 0 Å². The fraction of sp³-hybridized carbons (Fsp3) is 0.455. The number of aliphatic hydroxyl groups excluding tert-OH is 3. The van der Waals surface area contributed by atoms with Crippen LogP contribution in [0.4, 0.5) is 0 Å². The third-order valence-corrected chi connectivity index (χ3v) is 1.43. The molecular formula is C11H18O4. The van der Waals surface area contributed by atoms with Crippen LogP contribution in [-0.2, 0) is 11.3 Å². The molecule has 0 aliphatic rings. The van der Waals surface area contributed by atoms with Gasteiger partial charge in [0.05, 0.1) is 19.8 Å². The minimum atomic E-state index is -0.685. The molecule has 0 saturated heterocycles. The molecule has 1 unspecified atom stereocenters. The number of aliphatic hydroxyl groups is 3. The normalized spacial score (nSPS) is 11.5. The number of hydrogen-bond donors (Lipinski definition) is 3. The molecule has 1 aromatic rings. The van der Waals surface area contributed by atoms with E-state index in [1.807, 2.05) is 30.3 Å². The minimum absolute atomic E-state index is 0.125. The Morgan fingerprint density at radius 2 is 1.67 bits per heavy atom. The number of hydrogen-bond acceptors (Lipinski definition) is 4. The van der Waals surface area contributed by atoms with Crippen LogP contribution in [0.5, 0.6) is 0 Å². The Morgan fingerprint density at radius 3 is 2.07 bits per heavy atom. The van der Waals surface area contributed by atoms with Gasteiger partial charge >= 0.3 is 0 Å². The van der Waals surface area contributed by atoms with E-state index in [9.17, 15) is 0 Å². The largest absolute Gasteiger partial charge is 0.394 e. The van der Waals surface area contributed by atoms with Crippen molar-refractivity contribution in [3.63, 3.8) is 0 Å². The molecule has 0 spiro atoms. The van der Waals surface area contributed by atoms with Crippen molar-refractivity contribution in [2.24, 2.45) is 0 Å². The standard InChI is InChI=1S/C9H12O2.C2H6O2/c1-8(10)11-7-9-5-3-2-4-6-9;3-1-2-4/h2-6,8,10H,7H2,1H3;3-4H,1-2H2. The van der Waals surface area contributed by atoms with Gasteiger partial charge in [0.15, 0.2) is 6.29 Å². The molecule has 1 atom stereocenters. The molecule has 4 heteroatoms. The maximum Gasteiger partial charge on any atom is 0.152 e. The summed E-state index contributed by atoms with van der Waals surface area (Å²) in [7, 11) is 0. The van der Waals surface area contributed by atoms with E-state index in [2.05, 4.69) is 0 Å². The van der Waals surface area contributed by atoms with Gasteiger partial charge in [0.25, 0.3) is 0 Å². The third kappa shape index (κ3) is 9.37. The summed E-state index contributed by atoms with van der Waals surface area (Å²) in [5, 5.41) is 24.0. The molecule has 1 rings (SSSR count). The number of ether oxygens (including phenoxy) is 1. The lowest BCUT2D eigenvalue weighted by Gasteiger charge is -2.05. The van der Waals surface area contributed by atoms with Crippen molar-refractivity contribution in [2.45, 2.75) is 19.8 Å². The molecule has 0 bridgehead atoms. The molecule has 3 N–H and O–H groups in total. The Kier molecular flexibility index (Phi) is 9.01. The monoisotopic (exact) mass is 214 g/mol. The van der Waals surface area contributed by atoms with Crippen molar-refractivity contribution < 1.29 is 20.1 Å². The second kappa shape index (κ2) is 9.61. The molecule has 4 nitrogen and oxygen atoms in total. The second-order valence-electron chi connectivity index (χ2n) is 2.84. The first-order valence-corrected chi connectivity index (χ1v) is 4.76. The maximum absolute atomic E-state index is 8.79. The highest BCUT2D eigenvalue weighted by Crippen LogP contribution is 2.01. The zero-order chi connectivity index (χ0) is 11.5. The van der Waals surface area contributed by atoms with E-state index < -0.39 is 6.29 Å². The van der Waals surface area contributed by atoms with Crippen molar-refractivity contribution in [3.05, 3.63) is 35.9 Å². The molecule has 0 radical (unpaired) electrons. The number of rotatable bonds is 4. The highest BCUT2D eigenvalue weighted by Gasteiger charge is 1.94. The first-order valence-electron chi connectivity index (χ1n) is 4.76. The minimum Gasteiger partial charge on any atom is -0.394 e. The van der Waals surface area contributed by atoms with E-state index >= 15 is 0 Å². The molecule has 0 amide bonds. The van der Waals surface area contributed by atoms with Crippen LogP contribution in [0.1, 0.15) is 12.5 Å². The molecule has 0 fully saturated rings. The summed E-state index contributed by atoms with van der Waals surface area (Å²) < 4.78 is 4.98. The predicted octanol–water partition coefficient (Wildman–Crippen LogP) is 0.512. The highest BCUT2D eigenvalue weighted by molar-refractivity contribution is 5.13. The predicted molar refractivity (Wildman–Crippen MR) is 57.1 cm³/mol. The third-order valence-electron chi connectivity index (χ3n) is 1.43. The van der Waals surface area contributed by atoms with Gasteiger partial charge < -0.3 is 20.1 Å². The zero-order valence-corrected chi connectivity index (χ0v) is 8.84. The average molecular weight is 214 g/mol. The fourth-order valence-electron chi connectivity index (χ4n) is 0.791. The molecule has 0 aliphatic heterocycles. The van der Waals surface area contributed by atoms with Crippen LogP contribution in [0.25, 0.3) is 0 Å². The summed E-state index contributed by atoms with van der Waals surface area (Å²) in [6.45, 7) is 1.82. The Labute approximate surface area is 89.8 Å². The van der Waals surface area contributed by atoms with Gasteiger partial charge in [0.2, 0.25) is 0 Å². The lowest BCUT2D eigenvalue weighted by molar-refractivity contribution is -0.0939. The molecule has 0 aromatic heterocycles. The zero-order valence-electron chi connectivity index (χ0n) is 8.84. The summed E-state index contributed by atoms with van der Waals surface area (Å²) >= 11 is 0. The van der Waals surface area contributed by atoms with Gasteiger partial charge in [-0.2, -0.15) is 0 Å². The molecule has 0 aliphatic carbocycles. The van der Waals surface area contributed by atoms with Crippen LogP contribution in [0.2, 0.25) is 0 Å². The van der Waals surface area contributed by atoms with Crippen LogP contribution in [0.3, 0.4) is 0 Å². The van der Waals surface area contributed by atoms with E-state index in [0.29, 0.717) is 6.61 Å². The van der Waals surface area contributed by atoms with Gasteiger partial charge in [-0.15, -0.1) is 0 Å². The molecule has 15 heavy (non-hydrogen) atoms. The van der Waals surface area contributed by atoms with Gasteiger partial charge in [0.1, 0.15) is 0 Å². The molecule has 86 valence electrons. The lowest BCUT2D eigenvalue weighted by atomic mass is 10.2. The van der Waals surface area contributed by atoms with E-state index in [4.69, 9.17) is 20.1 Å². The Hall–Kier alpha value is -0.940. The molecular weight excluding hydrogens is 196 g/mol. The van der Waals surface area contributed by atoms with Crippen molar-refractivity contribution in [3.8, 4) is 0 Å². The number of benzene rings is 1. The summed E-state index contributed by atoms with van der Waals surface area (Å²) in [5.74, 6) is 0. The van der Waals surface area contributed by atoms with Crippen LogP contribution < -0.4 is 0 Å². The quantitative estimate of drug-likeness (QED) is 0.639.